The quantitative estimate of drug-likeness (QED) is 0.758. The van der Waals surface area contributed by atoms with Crippen molar-refractivity contribution in [2.75, 3.05) is 38.2 Å². The van der Waals surface area contributed by atoms with E-state index in [0.717, 1.165) is 43.9 Å². The molecule has 0 N–H and O–H groups in total. The van der Waals surface area contributed by atoms with Gasteiger partial charge in [-0.3, -0.25) is 0 Å². The van der Waals surface area contributed by atoms with Crippen LogP contribution in [-0.4, -0.2) is 49.0 Å². The fraction of sp³-hybridized carbons (Fsp3) is 0.682. The van der Waals surface area contributed by atoms with Gasteiger partial charge < -0.3 is 14.5 Å². The molecule has 0 unspecified atom stereocenters. The van der Waals surface area contributed by atoms with Crippen LogP contribution in [0.4, 0.5) is 10.5 Å². The lowest BCUT2D eigenvalue weighted by molar-refractivity contribution is 0.0383. The first kappa shape index (κ1) is 17.7. The zero-order valence-corrected chi connectivity index (χ0v) is 17.0. The number of carbonyl (C=O) groups is 1. The Balaban J connectivity index is 1.22. The predicted molar refractivity (Wildman–Crippen MR) is 109 cm³/mol. The van der Waals surface area contributed by atoms with E-state index in [1.54, 1.807) is 4.90 Å². The molecule has 0 aromatic heterocycles. The average Bonchev–Trinajstić information content (AvgIpc) is 2.67. The predicted octanol–water partition coefficient (Wildman–Crippen LogP) is 4.64. The maximum atomic E-state index is 11.6. The highest BCUT2D eigenvalue weighted by Gasteiger charge is 2.51. The van der Waals surface area contributed by atoms with Crippen LogP contribution >= 0.6 is 11.8 Å². The van der Waals surface area contributed by atoms with E-state index in [-0.39, 0.29) is 6.09 Å². The first-order chi connectivity index (χ1) is 13.1. The minimum atomic E-state index is -0.211. The summed E-state index contributed by atoms with van der Waals surface area (Å²) in [5.74, 6) is 3.03. The summed E-state index contributed by atoms with van der Waals surface area (Å²) in [6.07, 6.45) is 8.66. The molecule has 27 heavy (non-hydrogen) atoms. The van der Waals surface area contributed by atoms with Crippen LogP contribution in [-0.2, 0) is 4.74 Å². The average molecular weight is 387 g/mol. The number of methoxy groups -OCH3 is 1. The van der Waals surface area contributed by atoms with Gasteiger partial charge in [-0.25, -0.2) is 4.79 Å². The number of hydrogen-bond acceptors (Lipinski definition) is 4. The van der Waals surface area contributed by atoms with Gasteiger partial charge >= 0.3 is 6.09 Å². The van der Waals surface area contributed by atoms with Crippen molar-refractivity contribution in [1.82, 2.24) is 4.90 Å². The van der Waals surface area contributed by atoms with Crippen LogP contribution in [0, 0.1) is 17.8 Å². The van der Waals surface area contributed by atoms with Gasteiger partial charge in [-0.15, -0.1) is 11.8 Å². The Bertz CT molecular complexity index is 661. The number of thioether (sulfide) groups is 1. The van der Waals surface area contributed by atoms with E-state index in [4.69, 9.17) is 4.74 Å². The van der Waals surface area contributed by atoms with Crippen LogP contribution < -0.4 is 4.90 Å². The normalized spacial score (nSPS) is 34.8. The zero-order valence-electron chi connectivity index (χ0n) is 16.2. The Labute approximate surface area is 166 Å². The number of hydrogen-bond donors (Lipinski definition) is 0. The second kappa shape index (κ2) is 6.91. The van der Waals surface area contributed by atoms with Crippen LogP contribution in [0.2, 0.25) is 0 Å². The lowest BCUT2D eigenvalue weighted by atomic mass is 9.56. The van der Waals surface area contributed by atoms with Gasteiger partial charge in [-0.05, 0) is 80.5 Å². The number of ether oxygens (including phenoxy) is 1. The van der Waals surface area contributed by atoms with Gasteiger partial charge in [0.25, 0.3) is 0 Å². The molecule has 6 rings (SSSR count). The Kier molecular flexibility index (Phi) is 4.53. The molecule has 0 atom stereocenters. The zero-order chi connectivity index (χ0) is 18.4. The smallest absolute Gasteiger partial charge is 0.409 e. The SMILES string of the molecule is COC(=O)N1CCN(c2ccc(SC34CC5CC(CC(C5)C3)C4)cc2)CC1. The molecule has 4 aliphatic carbocycles. The molecular formula is C22H30N2O2S. The van der Waals surface area contributed by atoms with E-state index in [1.165, 1.54) is 56.2 Å². The number of amides is 1. The van der Waals surface area contributed by atoms with Crippen molar-refractivity contribution in [3.63, 3.8) is 0 Å². The van der Waals surface area contributed by atoms with Crippen molar-refractivity contribution in [3.05, 3.63) is 24.3 Å². The highest BCUT2D eigenvalue weighted by Crippen LogP contribution is 2.61. The van der Waals surface area contributed by atoms with Gasteiger partial charge in [0.1, 0.15) is 0 Å². The van der Waals surface area contributed by atoms with Crippen molar-refractivity contribution in [2.45, 2.75) is 48.2 Å². The lowest BCUT2D eigenvalue weighted by Crippen LogP contribution is -2.48. The van der Waals surface area contributed by atoms with Crippen LogP contribution in [0.25, 0.3) is 0 Å². The Morgan fingerprint density at radius 3 is 2.04 bits per heavy atom. The van der Waals surface area contributed by atoms with Gasteiger partial charge in [-0.2, -0.15) is 0 Å². The highest BCUT2D eigenvalue weighted by atomic mass is 32.2. The molecule has 1 aromatic carbocycles. The maximum absolute atomic E-state index is 11.6. The highest BCUT2D eigenvalue weighted by molar-refractivity contribution is 8.00. The Hall–Kier alpha value is -1.36. The molecule has 1 aromatic rings. The number of rotatable bonds is 3. The largest absolute Gasteiger partial charge is 0.453 e. The molecule has 1 amide bonds. The molecule has 4 nitrogen and oxygen atoms in total. The molecule has 0 radical (unpaired) electrons. The van der Waals surface area contributed by atoms with E-state index in [1.807, 2.05) is 0 Å². The molecule has 146 valence electrons. The summed E-state index contributed by atoms with van der Waals surface area (Å²) < 4.78 is 5.36. The summed E-state index contributed by atoms with van der Waals surface area (Å²) in [7, 11) is 1.45. The van der Waals surface area contributed by atoms with Crippen molar-refractivity contribution < 1.29 is 9.53 Å². The molecule has 0 spiro atoms. The molecular weight excluding hydrogens is 356 g/mol. The minimum Gasteiger partial charge on any atom is -0.453 e. The maximum Gasteiger partial charge on any atom is 0.409 e. The standard InChI is InChI=1S/C22H30N2O2S/c1-26-21(25)24-8-6-23(7-9-24)19-2-4-20(5-3-19)27-22-13-16-10-17(14-22)12-18(11-16)15-22/h2-5,16-18H,6-15H2,1H3. The van der Waals surface area contributed by atoms with Crippen LogP contribution in [0.1, 0.15) is 38.5 Å². The van der Waals surface area contributed by atoms with E-state index >= 15 is 0 Å². The molecule has 5 heteroatoms. The second-order valence-electron chi connectivity index (χ2n) is 9.14. The monoisotopic (exact) mass is 386 g/mol. The first-order valence-electron chi connectivity index (χ1n) is 10.5. The van der Waals surface area contributed by atoms with E-state index in [9.17, 15) is 4.79 Å². The molecule has 5 fully saturated rings. The number of benzene rings is 1. The van der Waals surface area contributed by atoms with Crippen LogP contribution in [0.15, 0.2) is 29.2 Å². The fourth-order valence-electron chi connectivity index (χ4n) is 6.41. The summed E-state index contributed by atoms with van der Waals surface area (Å²) >= 11 is 2.18. The fourth-order valence-corrected chi connectivity index (χ4v) is 8.14. The number of nitrogens with zero attached hydrogens (tertiary/aromatic N) is 2. The van der Waals surface area contributed by atoms with Gasteiger partial charge in [0, 0.05) is 41.5 Å². The summed E-state index contributed by atoms with van der Waals surface area (Å²) in [6, 6.07) is 9.20. The van der Waals surface area contributed by atoms with Crippen molar-refractivity contribution in [2.24, 2.45) is 17.8 Å². The third kappa shape index (κ3) is 3.43. The van der Waals surface area contributed by atoms with Crippen LogP contribution in [0.5, 0.6) is 0 Å². The van der Waals surface area contributed by atoms with E-state index < -0.39 is 0 Å². The molecule has 4 saturated carbocycles. The molecule has 1 heterocycles. The van der Waals surface area contributed by atoms with Crippen molar-refractivity contribution >= 4 is 23.5 Å². The Morgan fingerprint density at radius 1 is 0.963 bits per heavy atom. The summed E-state index contributed by atoms with van der Waals surface area (Å²) in [6.45, 7) is 3.21. The van der Waals surface area contributed by atoms with Gasteiger partial charge in [0.05, 0.1) is 7.11 Å². The summed E-state index contributed by atoms with van der Waals surface area (Å²) in [5.41, 5.74) is 1.27. The minimum absolute atomic E-state index is 0.211. The van der Waals surface area contributed by atoms with Crippen LogP contribution in [0.3, 0.4) is 0 Å². The van der Waals surface area contributed by atoms with Gasteiger partial charge in [-0.1, -0.05) is 0 Å². The lowest BCUT2D eigenvalue weighted by Gasteiger charge is -2.56. The second-order valence-corrected chi connectivity index (χ2v) is 10.7. The Morgan fingerprint density at radius 2 is 1.52 bits per heavy atom. The first-order valence-corrected chi connectivity index (χ1v) is 11.3. The van der Waals surface area contributed by atoms with E-state index in [2.05, 4.69) is 40.9 Å². The number of piperazine rings is 1. The number of anilines is 1. The molecule has 4 bridgehead atoms. The molecule has 1 aliphatic heterocycles. The molecule has 1 saturated heterocycles. The number of carbonyl (C=O) groups excluding carboxylic acids is 1. The third-order valence-corrected chi connectivity index (χ3v) is 8.67. The van der Waals surface area contributed by atoms with Gasteiger partial charge in [0.2, 0.25) is 0 Å². The summed E-state index contributed by atoms with van der Waals surface area (Å²) in [5, 5.41) is 0. The van der Waals surface area contributed by atoms with Crippen molar-refractivity contribution in [1.29, 1.82) is 0 Å². The van der Waals surface area contributed by atoms with Gasteiger partial charge in [0.15, 0.2) is 0 Å². The summed E-state index contributed by atoms with van der Waals surface area (Å²) in [4.78, 5) is 17.2. The topological polar surface area (TPSA) is 32.8 Å². The van der Waals surface area contributed by atoms with Crippen molar-refractivity contribution in [3.8, 4) is 0 Å². The van der Waals surface area contributed by atoms with E-state index in [0.29, 0.717) is 4.75 Å². The molecule has 5 aliphatic rings. The third-order valence-electron chi connectivity index (χ3n) is 7.23.